The Bertz CT molecular complexity index is 705. The monoisotopic (exact) mass is 318 g/mol. The summed E-state index contributed by atoms with van der Waals surface area (Å²) in [4.78, 5) is 2.29. The standard InChI is InChI=1S/C16H19FN4O2/c1-22-16-11(3-2-4-13(16)17)8-20-6-5-15-14(9-20)21-12(10-23-15)7-18-19-21/h2-4,7,14-15H,5-6,8-10H2,1H3/t14-,15-/m1/s1. The first-order valence-electron chi connectivity index (χ1n) is 7.80. The van der Waals surface area contributed by atoms with E-state index in [1.165, 1.54) is 13.2 Å². The predicted molar refractivity (Wildman–Crippen MR) is 80.5 cm³/mol. The SMILES string of the molecule is COc1c(F)cccc1CN1CC[C@H]2OCc3cnnn3[C@@H]2C1. The quantitative estimate of drug-likeness (QED) is 0.863. The third-order valence-electron chi connectivity index (χ3n) is 4.66. The third kappa shape index (κ3) is 2.60. The maximum atomic E-state index is 13.8. The molecule has 1 fully saturated rings. The Morgan fingerprint density at radius 1 is 1.43 bits per heavy atom. The number of fused-ring (bicyclic) bond motifs is 3. The van der Waals surface area contributed by atoms with Crippen LogP contribution in [0.4, 0.5) is 4.39 Å². The summed E-state index contributed by atoms with van der Waals surface area (Å²) < 4.78 is 26.9. The van der Waals surface area contributed by atoms with Gasteiger partial charge in [-0.15, -0.1) is 5.10 Å². The van der Waals surface area contributed by atoms with E-state index in [4.69, 9.17) is 9.47 Å². The van der Waals surface area contributed by atoms with Crippen LogP contribution in [-0.2, 0) is 17.9 Å². The first-order valence-corrected chi connectivity index (χ1v) is 7.80. The van der Waals surface area contributed by atoms with Crippen LogP contribution in [0.3, 0.4) is 0 Å². The van der Waals surface area contributed by atoms with Crippen LogP contribution in [0, 0.1) is 5.82 Å². The number of para-hydroxylation sites is 1. The molecule has 1 aromatic heterocycles. The van der Waals surface area contributed by atoms with Gasteiger partial charge < -0.3 is 9.47 Å². The van der Waals surface area contributed by atoms with Gasteiger partial charge in [0.05, 0.1) is 37.8 Å². The Balaban J connectivity index is 1.54. The van der Waals surface area contributed by atoms with E-state index in [1.54, 1.807) is 12.3 Å². The zero-order valence-electron chi connectivity index (χ0n) is 13.0. The number of benzene rings is 1. The lowest BCUT2D eigenvalue weighted by Crippen LogP contribution is -2.47. The van der Waals surface area contributed by atoms with Crippen molar-refractivity contribution in [2.24, 2.45) is 0 Å². The fourth-order valence-corrected chi connectivity index (χ4v) is 3.54. The molecule has 1 aromatic carbocycles. The van der Waals surface area contributed by atoms with Crippen LogP contribution in [0.5, 0.6) is 5.75 Å². The lowest BCUT2D eigenvalue weighted by molar-refractivity contribution is -0.0670. The van der Waals surface area contributed by atoms with Crippen molar-refractivity contribution in [3.8, 4) is 5.75 Å². The van der Waals surface area contributed by atoms with Gasteiger partial charge in [-0.3, -0.25) is 4.90 Å². The van der Waals surface area contributed by atoms with Crippen molar-refractivity contribution in [2.45, 2.75) is 31.7 Å². The van der Waals surface area contributed by atoms with Gasteiger partial charge in [0, 0.05) is 25.2 Å². The first-order chi connectivity index (χ1) is 11.3. The molecule has 3 heterocycles. The number of aromatic nitrogens is 3. The Morgan fingerprint density at radius 3 is 3.22 bits per heavy atom. The molecule has 6 nitrogen and oxygen atoms in total. The van der Waals surface area contributed by atoms with Gasteiger partial charge >= 0.3 is 0 Å². The molecule has 2 aliphatic heterocycles. The van der Waals surface area contributed by atoms with Gasteiger partial charge in [-0.1, -0.05) is 17.3 Å². The Kier molecular flexibility index (Phi) is 3.74. The smallest absolute Gasteiger partial charge is 0.165 e. The molecular formula is C16H19FN4O2. The molecule has 7 heteroatoms. The maximum Gasteiger partial charge on any atom is 0.165 e. The highest BCUT2D eigenvalue weighted by atomic mass is 19.1. The summed E-state index contributed by atoms with van der Waals surface area (Å²) in [5.41, 5.74) is 1.87. The highest BCUT2D eigenvalue weighted by molar-refractivity contribution is 5.34. The van der Waals surface area contributed by atoms with Crippen molar-refractivity contribution in [1.29, 1.82) is 0 Å². The van der Waals surface area contributed by atoms with Crippen LogP contribution < -0.4 is 4.74 Å². The van der Waals surface area contributed by atoms with Crippen molar-refractivity contribution in [1.82, 2.24) is 19.9 Å². The van der Waals surface area contributed by atoms with Gasteiger partial charge in [0.1, 0.15) is 0 Å². The number of methoxy groups -OCH3 is 1. The summed E-state index contributed by atoms with van der Waals surface area (Å²) in [5, 5.41) is 8.19. The van der Waals surface area contributed by atoms with Gasteiger partial charge in [0.25, 0.3) is 0 Å². The summed E-state index contributed by atoms with van der Waals surface area (Å²) in [6, 6.07) is 5.21. The Labute approximate surface area is 133 Å². The van der Waals surface area contributed by atoms with Crippen molar-refractivity contribution in [2.75, 3.05) is 20.2 Å². The normalized spacial score (nSPS) is 24.1. The molecule has 2 aromatic rings. The van der Waals surface area contributed by atoms with E-state index in [1.807, 2.05) is 10.7 Å². The number of hydrogen-bond donors (Lipinski definition) is 0. The number of piperidine rings is 1. The summed E-state index contributed by atoms with van der Waals surface area (Å²) in [6.45, 7) is 2.94. The van der Waals surface area contributed by atoms with E-state index in [9.17, 15) is 4.39 Å². The second kappa shape index (κ2) is 5.90. The van der Waals surface area contributed by atoms with Crippen molar-refractivity contribution in [3.63, 3.8) is 0 Å². The molecule has 2 aliphatic rings. The fourth-order valence-electron chi connectivity index (χ4n) is 3.54. The average Bonchev–Trinajstić information content (AvgIpc) is 3.04. The van der Waals surface area contributed by atoms with Crippen LogP contribution >= 0.6 is 0 Å². The second-order valence-corrected chi connectivity index (χ2v) is 6.04. The fraction of sp³-hybridized carbons (Fsp3) is 0.500. The molecule has 0 unspecified atom stereocenters. The van der Waals surface area contributed by atoms with Crippen LogP contribution in [0.2, 0.25) is 0 Å². The molecule has 0 aliphatic carbocycles. The Hall–Kier alpha value is -1.99. The number of nitrogens with zero attached hydrogens (tertiary/aromatic N) is 4. The van der Waals surface area contributed by atoms with E-state index < -0.39 is 0 Å². The van der Waals surface area contributed by atoms with E-state index in [-0.39, 0.29) is 18.0 Å². The molecule has 0 bridgehead atoms. The van der Waals surface area contributed by atoms with Crippen LogP contribution in [-0.4, -0.2) is 46.2 Å². The van der Waals surface area contributed by atoms with Gasteiger partial charge in [-0.05, 0) is 12.5 Å². The Morgan fingerprint density at radius 2 is 2.35 bits per heavy atom. The lowest BCUT2D eigenvalue weighted by Gasteiger charge is -2.41. The molecule has 0 spiro atoms. The largest absolute Gasteiger partial charge is 0.493 e. The molecule has 23 heavy (non-hydrogen) atoms. The number of halogens is 1. The molecule has 122 valence electrons. The average molecular weight is 318 g/mol. The zero-order chi connectivity index (χ0) is 15.8. The summed E-state index contributed by atoms with van der Waals surface area (Å²) >= 11 is 0. The number of rotatable bonds is 3. The number of likely N-dealkylation sites (tertiary alicyclic amines) is 1. The second-order valence-electron chi connectivity index (χ2n) is 6.04. The summed E-state index contributed by atoms with van der Waals surface area (Å²) in [6.07, 6.45) is 2.86. The lowest BCUT2D eigenvalue weighted by atomic mass is 9.99. The predicted octanol–water partition coefficient (Wildman–Crippen LogP) is 1.77. The van der Waals surface area contributed by atoms with Crippen LogP contribution in [0.25, 0.3) is 0 Å². The minimum absolute atomic E-state index is 0.162. The molecule has 0 radical (unpaired) electrons. The van der Waals surface area contributed by atoms with Gasteiger partial charge in [0.2, 0.25) is 0 Å². The van der Waals surface area contributed by atoms with E-state index in [0.717, 1.165) is 30.8 Å². The number of ether oxygens (including phenoxy) is 2. The molecular weight excluding hydrogens is 299 g/mol. The summed E-state index contributed by atoms with van der Waals surface area (Å²) in [7, 11) is 1.50. The van der Waals surface area contributed by atoms with Crippen molar-refractivity contribution >= 4 is 0 Å². The molecule has 4 rings (SSSR count). The highest BCUT2D eigenvalue weighted by Crippen LogP contribution is 2.32. The van der Waals surface area contributed by atoms with E-state index >= 15 is 0 Å². The molecule has 0 saturated carbocycles. The van der Waals surface area contributed by atoms with E-state index in [0.29, 0.717) is 18.9 Å². The van der Waals surface area contributed by atoms with Crippen molar-refractivity contribution in [3.05, 3.63) is 41.5 Å². The van der Waals surface area contributed by atoms with E-state index in [2.05, 4.69) is 15.2 Å². The number of hydrogen-bond acceptors (Lipinski definition) is 5. The minimum atomic E-state index is -0.320. The molecule has 2 atom stereocenters. The van der Waals surface area contributed by atoms with Gasteiger partial charge in [-0.25, -0.2) is 9.07 Å². The topological polar surface area (TPSA) is 52.4 Å². The van der Waals surface area contributed by atoms with Crippen molar-refractivity contribution < 1.29 is 13.9 Å². The summed E-state index contributed by atoms with van der Waals surface area (Å²) in [5.74, 6) is 0.00964. The minimum Gasteiger partial charge on any atom is -0.493 e. The maximum absolute atomic E-state index is 13.8. The molecule has 1 saturated heterocycles. The van der Waals surface area contributed by atoms with Gasteiger partial charge in [0.15, 0.2) is 11.6 Å². The molecule has 0 N–H and O–H groups in total. The highest BCUT2D eigenvalue weighted by Gasteiger charge is 2.36. The third-order valence-corrected chi connectivity index (χ3v) is 4.66. The first kappa shape index (κ1) is 14.6. The molecule has 0 amide bonds. The van der Waals surface area contributed by atoms with Crippen LogP contribution in [0.1, 0.15) is 23.7 Å². The van der Waals surface area contributed by atoms with Gasteiger partial charge in [-0.2, -0.15) is 0 Å². The zero-order valence-corrected chi connectivity index (χ0v) is 13.0. The van der Waals surface area contributed by atoms with Crippen LogP contribution in [0.15, 0.2) is 24.4 Å².